The Morgan fingerprint density at radius 2 is 2.08 bits per heavy atom. The van der Waals surface area contributed by atoms with Crippen LogP contribution in [-0.2, 0) is 19.2 Å². The average molecular weight is 542 g/mol. The largest absolute Gasteiger partial charge is 0.477 e. The fourth-order valence-corrected chi connectivity index (χ4v) is 5.77. The minimum atomic E-state index is -1.25. The predicted octanol–water partition coefficient (Wildman–Crippen LogP) is -1.20. The SMILES string of the molecule is CO/N=C(\C(=O)N[C@@H]1C(=O)N2C(C(=O)O)=C(/C=C/C[N+](C)(CCO)CCO)CS[C@H]12)c1csc(N)n1. The first-order chi connectivity index (χ1) is 17.2. The molecule has 2 atom stereocenters. The molecule has 0 bridgehead atoms. The Kier molecular flexibility index (Phi) is 9.08. The summed E-state index contributed by atoms with van der Waals surface area (Å²) < 4.78 is 0.377. The summed E-state index contributed by atoms with van der Waals surface area (Å²) in [7, 11) is 3.15. The molecular formula is C21H29N6O7S2+. The van der Waals surface area contributed by atoms with Gasteiger partial charge in [0.05, 0.1) is 26.8 Å². The number of thioether (sulfide) groups is 1. The molecule has 1 aromatic heterocycles. The second-order valence-corrected chi connectivity index (χ2v) is 10.3. The number of oxime groups is 1. The molecule has 6 N–H and O–H groups in total. The van der Waals surface area contributed by atoms with Gasteiger partial charge in [-0.05, 0) is 11.6 Å². The van der Waals surface area contributed by atoms with E-state index in [0.717, 1.165) is 11.3 Å². The Morgan fingerprint density at radius 1 is 1.39 bits per heavy atom. The number of rotatable bonds is 12. The van der Waals surface area contributed by atoms with Gasteiger partial charge >= 0.3 is 5.97 Å². The van der Waals surface area contributed by atoms with Crippen molar-refractivity contribution >= 4 is 51.7 Å². The molecule has 1 fully saturated rings. The number of aliphatic carboxylic acids is 1. The third-order valence-electron chi connectivity index (χ3n) is 5.79. The summed E-state index contributed by atoms with van der Waals surface area (Å²) >= 11 is 2.45. The summed E-state index contributed by atoms with van der Waals surface area (Å²) in [4.78, 5) is 47.8. The molecule has 3 rings (SSSR count). The lowest BCUT2D eigenvalue weighted by atomic mass is 10.0. The van der Waals surface area contributed by atoms with E-state index >= 15 is 0 Å². The first kappa shape index (κ1) is 27.6. The fourth-order valence-electron chi connectivity index (χ4n) is 3.90. The third kappa shape index (κ3) is 5.87. The first-order valence-corrected chi connectivity index (χ1v) is 12.8. The average Bonchev–Trinajstić information content (AvgIpc) is 3.26. The van der Waals surface area contributed by atoms with Gasteiger partial charge < -0.3 is 35.7 Å². The van der Waals surface area contributed by atoms with Gasteiger partial charge in [0.15, 0.2) is 10.8 Å². The molecular weight excluding hydrogens is 512 g/mol. The summed E-state index contributed by atoms with van der Waals surface area (Å²) in [6.07, 6.45) is 3.44. The third-order valence-corrected chi connectivity index (χ3v) is 7.77. The fraction of sp³-hybridized carbons (Fsp3) is 0.476. The number of nitrogen functional groups attached to an aromatic ring is 1. The van der Waals surface area contributed by atoms with Crippen LogP contribution in [0.15, 0.2) is 34.0 Å². The number of carboxylic acids is 1. The summed E-state index contributed by atoms with van der Waals surface area (Å²) in [6, 6.07) is -0.950. The van der Waals surface area contributed by atoms with Crippen molar-refractivity contribution < 1.29 is 39.0 Å². The van der Waals surface area contributed by atoms with Crippen LogP contribution in [0.25, 0.3) is 0 Å². The van der Waals surface area contributed by atoms with Crippen LogP contribution in [0.1, 0.15) is 5.69 Å². The molecule has 13 nitrogen and oxygen atoms in total. The number of likely N-dealkylation sites (N-methyl/N-ethyl adjacent to an activating group) is 1. The van der Waals surface area contributed by atoms with E-state index in [2.05, 4.69) is 15.5 Å². The number of carboxylic acid groups (broad SMARTS) is 1. The normalized spacial score (nSPS) is 20.4. The highest BCUT2D eigenvalue weighted by atomic mass is 32.2. The molecule has 15 heteroatoms. The Hall–Kier alpha value is -2.98. The number of aliphatic hydroxyl groups excluding tert-OH is 2. The molecule has 0 aromatic carbocycles. The van der Waals surface area contributed by atoms with Crippen molar-refractivity contribution in [1.82, 2.24) is 15.2 Å². The number of quaternary nitrogens is 1. The zero-order valence-electron chi connectivity index (χ0n) is 19.8. The maximum atomic E-state index is 12.9. The molecule has 2 aliphatic rings. The van der Waals surface area contributed by atoms with Gasteiger partial charge in [0, 0.05) is 11.1 Å². The van der Waals surface area contributed by atoms with Crippen molar-refractivity contribution in [1.29, 1.82) is 0 Å². The Morgan fingerprint density at radius 3 is 2.64 bits per heavy atom. The number of allylic oxidation sites excluding steroid dienone is 1. The van der Waals surface area contributed by atoms with Crippen LogP contribution < -0.4 is 11.1 Å². The number of carbonyl (C=O) groups excluding carboxylic acids is 2. The molecule has 36 heavy (non-hydrogen) atoms. The number of carbonyl (C=O) groups is 3. The number of fused-ring (bicyclic) bond motifs is 1. The molecule has 3 heterocycles. The number of nitrogens with zero attached hydrogens (tertiary/aromatic N) is 4. The molecule has 1 saturated heterocycles. The molecule has 2 amide bonds. The van der Waals surface area contributed by atoms with E-state index in [9.17, 15) is 29.7 Å². The van der Waals surface area contributed by atoms with Crippen molar-refractivity contribution in [3.8, 4) is 0 Å². The van der Waals surface area contributed by atoms with E-state index in [-0.39, 0.29) is 35.4 Å². The number of aromatic nitrogens is 1. The van der Waals surface area contributed by atoms with Gasteiger partial charge in [0.25, 0.3) is 11.8 Å². The van der Waals surface area contributed by atoms with Crippen LogP contribution in [0.3, 0.4) is 0 Å². The Labute approximate surface area is 215 Å². The number of amides is 2. The van der Waals surface area contributed by atoms with E-state index in [0.29, 0.717) is 35.4 Å². The van der Waals surface area contributed by atoms with Crippen molar-refractivity contribution in [3.63, 3.8) is 0 Å². The molecule has 1 aromatic rings. The lowest BCUT2D eigenvalue weighted by Gasteiger charge is -2.49. The second kappa shape index (κ2) is 11.8. The van der Waals surface area contributed by atoms with E-state index in [1.54, 1.807) is 12.2 Å². The van der Waals surface area contributed by atoms with Gasteiger partial charge in [-0.2, -0.15) is 0 Å². The highest BCUT2D eigenvalue weighted by Crippen LogP contribution is 2.40. The van der Waals surface area contributed by atoms with Gasteiger partial charge in [-0.15, -0.1) is 23.1 Å². The topological polar surface area (TPSA) is 188 Å². The smallest absolute Gasteiger partial charge is 0.352 e. The Bertz CT molecular complexity index is 1100. The van der Waals surface area contributed by atoms with E-state index in [1.165, 1.54) is 29.2 Å². The van der Waals surface area contributed by atoms with Crippen LogP contribution in [0.5, 0.6) is 0 Å². The van der Waals surface area contributed by atoms with Gasteiger partial charge in [-0.3, -0.25) is 14.5 Å². The van der Waals surface area contributed by atoms with Gasteiger partial charge in [0.2, 0.25) is 0 Å². The van der Waals surface area contributed by atoms with Crippen molar-refractivity contribution in [2.45, 2.75) is 11.4 Å². The molecule has 0 radical (unpaired) electrons. The zero-order chi connectivity index (χ0) is 26.5. The highest BCUT2D eigenvalue weighted by Gasteiger charge is 2.54. The number of thiazole rings is 1. The second-order valence-electron chi connectivity index (χ2n) is 8.33. The highest BCUT2D eigenvalue weighted by molar-refractivity contribution is 8.00. The predicted molar refractivity (Wildman–Crippen MR) is 134 cm³/mol. The van der Waals surface area contributed by atoms with Crippen molar-refractivity contribution in [2.75, 3.05) is 58.5 Å². The maximum absolute atomic E-state index is 12.9. The Balaban J connectivity index is 1.75. The number of aliphatic hydroxyl groups is 2. The molecule has 0 aliphatic carbocycles. The van der Waals surface area contributed by atoms with Gasteiger partial charge in [-0.25, -0.2) is 9.78 Å². The van der Waals surface area contributed by atoms with Crippen LogP contribution in [0, 0.1) is 0 Å². The maximum Gasteiger partial charge on any atom is 0.352 e. The van der Waals surface area contributed by atoms with Crippen LogP contribution in [0.4, 0.5) is 5.13 Å². The van der Waals surface area contributed by atoms with Crippen molar-refractivity contribution in [2.24, 2.45) is 5.16 Å². The van der Waals surface area contributed by atoms with Crippen molar-refractivity contribution in [3.05, 3.63) is 34.5 Å². The number of nitrogens with two attached hydrogens (primary N) is 1. The summed E-state index contributed by atoms with van der Waals surface area (Å²) in [5.41, 5.74) is 6.00. The summed E-state index contributed by atoms with van der Waals surface area (Å²) in [5.74, 6) is -2.19. The zero-order valence-corrected chi connectivity index (χ0v) is 21.4. The number of β-lactam (4-membered cyclic amide) rings is 1. The summed E-state index contributed by atoms with van der Waals surface area (Å²) in [6.45, 7) is 1.22. The lowest BCUT2D eigenvalue weighted by molar-refractivity contribution is -0.904. The number of hydrogen-bond donors (Lipinski definition) is 5. The number of nitrogens with one attached hydrogen (secondary N) is 1. The quantitative estimate of drug-likeness (QED) is 0.0931. The molecule has 2 aliphatic heterocycles. The van der Waals surface area contributed by atoms with Gasteiger partial charge in [-0.1, -0.05) is 11.2 Å². The number of anilines is 1. The van der Waals surface area contributed by atoms with Crippen LogP contribution >= 0.6 is 23.1 Å². The molecule has 0 unspecified atom stereocenters. The summed E-state index contributed by atoms with van der Waals surface area (Å²) in [5, 5.41) is 35.9. The van der Waals surface area contributed by atoms with Crippen LogP contribution in [0.2, 0.25) is 0 Å². The molecule has 0 spiro atoms. The van der Waals surface area contributed by atoms with E-state index in [4.69, 9.17) is 10.6 Å². The number of hydrogen-bond acceptors (Lipinski definition) is 11. The first-order valence-electron chi connectivity index (χ1n) is 10.9. The minimum absolute atomic E-state index is 0.0486. The molecule has 0 saturated carbocycles. The standard InChI is InChI=1S/C21H28N6O7S2/c1-27(6-8-28,7-9-29)5-3-4-12-10-35-19-15(18(31)26(19)16(12)20(32)33)24-17(30)14(25-34-2)13-11-36-21(22)23-13/h3-4,11,15,19,28-29H,5-10H2,1-2H3,(H3-,22,23,24,30,32,33)/p+1/b4-3+,25-14-/t15-,19-/m1/s1. The monoisotopic (exact) mass is 541 g/mol. The van der Waals surface area contributed by atoms with E-state index in [1.807, 2.05) is 7.05 Å². The van der Waals surface area contributed by atoms with Gasteiger partial charge in [0.1, 0.15) is 43.0 Å². The van der Waals surface area contributed by atoms with E-state index < -0.39 is 29.2 Å². The lowest BCUT2D eigenvalue weighted by Crippen LogP contribution is -2.71. The minimum Gasteiger partial charge on any atom is -0.477 e. The molecule has 196 valence electrons. The van der Waals surface area contributed by atoms with Crippen LogP contribution in [-0.4, -0.2) is 117 Å².